The summed E-state index contributed by atoms with van der Waals surface area (Å²) < 4.78 is 12.9. The fraction of sp³-hybridized carbons (Fsp3) is 0.100. The van der Waals surface area contributed by atoms with Crippen LogP contribution in [0.15, 0.2) is 37.1 Å². The Kier molecular flexibility index (Phi) is 2.64. The van der Waals surface area contributed by atoms with Gasteiger partial charge in [-0.1, -0.05) is 0 Å². The topological polar surface area (TPSA) is 64.7 Å². The van der Waals surface area contributed by atoms with Crippen molar-refractivity contribution < 1.29 is 4.39 Å². The Hall–Kier alpha value is -1.88. The van der Waals surface area contributed by atoms with E-state index in [9.17, 15) is 4.39 Å². The number of pyridine rings is 1. The van der Waals surface area contributed by atoms with Crippen molar-refractivity contribution in [2.75, 3.05) is 0 Å². The highest BCUT2D eigenvalue weighted by Gasteiger charge is 2.10. The van der Waals surface area contributed by atoms with Gasteiger partial charge in [0.05, 0.1) is 17.9 Å². The van der Waals surface area contributed by atoms with Gasteiger partial charge in [-0.2, -0.15) is 0 Å². The van der Waals surface area contributed by atoms with E-state index < -0.39 is 11.9 Å². The van der Waals surface area contributed by atoms with E-state index in [0.717, 1.165) is 6.20 Å². The Balaban J connectivity index is 2.32. The van der Waals surface area contributed by atoms with Crippen LogP contribution < -0.4 is 5.73 Å². The van der Waals surface area contributed by atoms with Crippen molar-refractivity contribution in [3.05, 3.63) is 54.1 Å². The van der Waals surface area contributed by atoms with Gasteiger partial charge in [0, 0.05) is 12.4 Å². The lowest BCUT2D eigenvalue weighted by atomic mass is 10.1. The molecule has 2 aromatic rings. The van der Waals surface area contributed by atoms with E-state index >= 15 is 0 Å². The molecule has 0 radical (unpaired) electrons. The van der Waals surface area contributed by atoms with Crippen LogP contribution in [0.5, 0.6) is 0 Å². The number of nitrogens with zero attached hydrogens (tertiary/aromatic N) is 3. The smallest absolute Gasteiger partial charge is 0.141 e. The van der Waals surface area contributed by atoms with E-state index in [1.807, 2.05) is 0 Å². The summed E-state index contributed by atoms with van der Waals surface area (Å²) in [5.41, 5.74) is 7.12. The summed E-state index contributed by atoms with van der Waals surface area (Å²) in [5.74, 6) is -0.406. The maximum Gasteiger partial charge on any atom is 0.141 e. The number of hydrogen-bond donors (Lipinski definition) is 1. The molecule has 0 amide bonds. The standard InChI is InChI=1S/C10H9FN4/c11-8-3-7(4-14-5-8)10(12)9-1-2-13-6-15-9/h1-6,10H,12H2. The van der Waals surface area contributed by atoms with Gasteiger partial charge in [0.1, 0.15) is 12.1 Å². The summed E-state index contributed by atoms with van der Waals surface area (Å²) in [4.78, 5) is 11.5. The molecule has 2 N–H and O–H groups in total. The summed E-state index contributed by atoms with van der Waals surface area (Å²) >= 11 is 0. The molecule has 76 valence electrons. The van der Waals surface area contributed by atoms with Crippen LogP contribution in [0.2, 0.25) is 0 Å². The SMILES string of the molecule is NC(c1cncc(F)c1)c1ccncn1. The van der Waals surface area contributed by atoms with Crippen LogP contribution >= 0.6 is 0 Å². The first-order valence-corrected chi connectivity index (χ1v) is 4.39. The maximum atomic E-state index is 12.9. The number of aromatic nitrogens is 3. The van der Waals surface area contributed by atoms with Gasteiger partial charge in [-0.15, -0.1) is 0 Å². The third-order valence-electron chi connectivity index (χ3n) is 2.01. The molecule has 1 unspecified atom stereocenters. The molecule has 0 bridgehead atoms. The van der Waals surface area contributed by atoms with Crippen LogP contribution in [0.4, 0.5) is 4.39 Å². The average Bonchev–Trinajstić information content (AvgIpc) is 2.29. The van der Waals surface area contributed by atoms with Crippen LogP contribution in [0.3, 0.4) is 0 Å². The quantitative estimate of drug-likeness (QED) is 0.794. The number of rotatable bonds is 2. The second-order valence-corrected chi connectivity index (χ2v) is 3.05. The lowest BCUT2D eigenvalue weighted by Gasteiger charge is -2.09. The van der Waals surface area contributed by atoms with E-state index in [-0.39, 0.29) is 0 Å². The maximum absolute atomic E-state index is 12.9. The van der Waals surface area contributed by atoms with Crippen molar-refractivity contribution in [1.82, 2.24) is 15.0 Å². The van der Waals surface area contributed by atoms with Crippen LogP contribution in [-0.2, 0) is 0 Å². The van der Waals surface area contributed by atoms with Crippen LogP contribution in [-0.4, -0.2) is 15.0 Å². The molecule has 0 aliphatic rings. The van der Waals surface area contributed by atoms with E-state index in [1.165, 1.54) is 18.6 Å². The average molecular weight is 204 g/mol. The predicted molar refractivity (Wildman–Crippen MR) is 52.3 cm³/mol. The molecule has 0 aliphatic heterocycles. The largest absolute Gasteiger partial charge is 0.319 e. The van der Waals surface area contributed by atoms with Gasteiger partial charge in [-0.25, -0.2) is 14.4 Å². The van der Waals surface area contributed by atoms with Gasteiger partial charge >= 0.3 is 0 Å². The molecular weight excluding hydrogens is 195 g/mol. The molecule has 0 saturated heterocycles. The Morgan fingerprint density at radius 1 is 1.27 bits per heavy atom. The molecular formula is C10H9FN4. The predicted octanol–water partition coefficient (Wildman–Crippen LogP) is 1.06. The van der Waals surface area contributed by atoms with Gasteiger partial charge < -0.3 is 5.73 Å². The fourth-order valence-corrected chi connectivity index (χ4v) is 1.25. The second kappa shape index (κ2) is 4.10. The van der Waals surface area contributed by atoms with Crippen molar-refractivity contribution >= 4 is 0 Å². The molecule has 0 spiro atoms. The number of hydrogen-bond acceptors (Lipinski definition) is 4. The van der Waals surface area contributed by atoms with Crippen molar-refractivity contribution in [3.63, 3.8) is 0 Å². The van der Waals surface area contributed by atoms with Gasteiger partial charge in [-0.3, -0.25) is 4.98 Å². The molecule has 2 aromatic heterocycles. The van der Waals surface area contributed by atoms with Crippen LogP contribution in [0.1, 0.15) is 17.3 Å². The van der Waals surface area contributed by atoms with E-state index in [4.69, 9.17) is 5.73 Å². The highest BCUT2D eigenvalue weighted by atomic mass is 19.1. The number of halogens is 1. The molecule has 0 aromatic carbocycles. The molecule has 0 fully saturated rings. The highest BCUT2D eigenvalue weighted by Crippen LogP contribution is 2.16. The van der Waals surface area contributed by atoms with Gasteiger partial charge in [0.25, 0.3) is 0 Å². The van der Waals surface area contributed by atoms with E-state index in [0.29, 0.717) is 11.3 Å². The molecule has 2 rings (SSSR count). The zero-order valence-electron chi connectivity index (χ0n) is 7.84. The third-order valence-corrected chi connectivity index (χ3v) is 2.01. The summed E-state index contributed by atoms with van der Waals surface area (Å²) in [7, 11) is 0. The van der Waals surface area contributed by atoms with Gasteiger partial charge in [-0.05, 0) is 17.7 Å². The molecule has 5 heteroatoms. The third kappa shape index (κ3) is 2.13. The monoisotopic (exact) mass is 204 g/mol. The molecule has 1 atom stereocenters. The Labute approximate surface area is 86.0 Å². The summed E-state index contributed by atoms with van der Waals surface area (Å²) in [6, 6.07) is 2.56. The summed E-state index contributed by atoms with van der Waals surface area (Å²) in [6.45, 7) is 0. The minimum atomic E-state index is -0.476. The zero-order chi connectivity index (χ0) is 10.7. The van der Waals surface area contributed by atoms with Crippen LogP contribution in [0, 0.1) is 5.82 Å². The molecule has 15 heavy (non-hydrogen) atoms. The molecule has 2 heterocycles. The molecule has 0 saturated carbocycles. The number of nitrogens with two attached hydrogens (primary N) is 1. The first-order chi connectivity index (χ1) is 7.27. The minimum absolute atomic E-state index is 0.406. The van der Waals surface area contributed by atoms with Gasteiger partial charge in [0.15, 0.2) is 0 Å². The van der Waals surface area contributed by atoms with Crippen molar-refractivity contribution in [1.29, 1.82) is 0 Å². The first kappa shape index (κ1) is 9.67. The second-order valence-electron chi connectivity index (χ2n) is 3.05. The highest BCUT2D eigenvalue weighted by molar-refractivity contribution is 5.23. The van der Waals surface area contributed by atoms with Crippen molar-refractivity contribution in [2.24, 2.45) is 5.73 Å². The minimum Gasteiger partial charge on any atom is -0.319 e. The van der Waals surface area contributed by atoms with Crippen LogP contribution in [0.25, 0.3) is 0 Å². The first-order valence-electron chi connectivity index (χ1n) is 4.39. The Morgan fingerprint density at radius 3 is 2.80 bits per heavy atom. The summed E-state index contributed by atoms with van der Waals surface area (Å²) in [6.07, 6.45) is 5.66. The van der Waals surface area contributed by atoms with E-state index in [1.54, 1.807) is 12.3 Å². The van der Waals surface area contributed by atoms with E-state index in [2.05, 4.69) is 15.0 Å². The lowest BCUT2D eigenvalue weighted by Crippen LogP contribution is -2.14. The molecule has 0 aliphatic carbocycles. The fourth-order valence-electron chi connectivity index (χ4n) is 1.25. The van der Waals surface area contributed by atoms with Crippen molar-refractivity contribution in [2.45, 2.75) is 6.04 Å². The zero-order valence-corrected chi connectivity index (χ0v) is 7.84. The lowest BCUT2D eigenvalue weighted by molar-refractivity contribution is 0.615. The Bertz CT molecular complexity index is 446. The molecule has 4 nitrogen and oxygen atoms in total. The van der Waals surface area contributed by atoms with Gasteiger partial charge in [0.2, 0.25) is 0 Å². The normalized spacial score (nSPS) is 12.4. The Morgan fingerprint density at radius 2 is 2.13 bits per heavy atom. The van der Waals surface area contributed by atoms with Crippen molar-refractivity contribution in [3.8, 4) is 0 Å². The summed E-state index contributed by atoms with van der Waals surface area (Å²) in [5, 5.41) is 0.